The van der Waals surface area contributed by atoms with E-state index in [9.17, 15) is 0 Å². The van der Waals surface area contributed by atoms with Gasteiger partial charge in [-0.1, -0.05) is 6.07 Å². The molecule has 0 radical (unpaired) electrons. The van der Waals surface area contributed by atoms with Crippen LogP contribution in [0.25, 0.3) is 9.75 Å². The maximum atomic E-state index is 5.21. The quantitative estimate of drug-likeness (QED) is 0.757. The van der Waals surface area contributed by atoms with Crippen LogP contribution in [-0.4, -0.2) is 14.2 Å². The summed E-state index contributed by atoms with van der Waals surface area (Å²) in [6.07, 6.45) is -0.247. The van der Waals surface area contributed by atoms with Crippen LogP contribution in [0.2, 0.25) is 0 Å². The Morgan fingerprint density at radius 2 is 1.87 bits per heavy atom. The Morgan fingerprint density at radius 3 is 2.47 bits per heavy atom. The predicted molar refractivity (Wildman–Crippen MR) is 64.4 cm³/mol. The summed E-state index contributed by atoms with van der Waals surface area (Å²) in [4.78, 5) is 3.65. The largest absolute Gasteiger partial charge is 0.351 e. The molecule has 0 fully saturated rings. The van der Waals surface area contributed by atoms with Gasteiger partial charge in [0.25, 0.3) is 0 Å². The molecule has 0 saturated carbocycles. The summed E-state index contributed by atoms with van der Waals surface area (Å²) in [6.45, 7) is 0. The molecule has 2 rings (SSSR count). The molecule has 0 atom stereocenters. The molecule has 2 aromatic rings. The molecule has 0 unspecified atom stereocenters. The molecule has 0 aliphatic heterocycles. The average molecular weight is 240 g/mol. The molecule has 0 bridgehead atoms. The maximum absolute atomic E-state index is 5.21. The van der Waals surface area contributed by atoms with E-state index in [1.54, 1.807) is 36.9 Å². The fourth-order valence-electron chi connectivity index (χ4n) is 1.36. The maximum Gasteiger partial charge on any atom is 0.192 e. The molecule has 15 heavy (non-hydrogen) atoms. The van der Waals surface area contributed by atoms with Gasteiger partial charge in [-0.2, -0.15) is 0 Å². The van der Waals surface area contributed by atoms with E-state index < -0.39 is 0 Å². The Balaban J connectivity index is 2.24. The van der Waals surface area contributed by atoms with E-state index in [1.165, 1.54) is 9.75 Å². The molecule has 80 valence electrons. The summed E-state index contributed by atoms with van der Waals surface area (Å²) >= 11 is 3.45. The molecule has 0 saturated heterocycles. The summed E-state index contributed by atoms with van der Waals surface area (Å²) < 4.78 is 10.4. The Morgan fingerprint density at radius 1 is 1.07 bits per heavy atom. The van der Waals surface area contributed by atoms with Gasteiger partial charge in [0.1, 0.15) is 0 Å². The van der Waals surface area contributed by atoms with Crippen molar-refractivity contribution < 1.29 is 9.47 Å². The van der Waals surface area contributed by atoms with Gasteiger partial charge in [-0.15, -0.1) is 22.7 Å². The Kier molecular flexibility index (Phi) is 3.53. The molecule has 0 aromatic carbocycles. The second-order valence-electron chi connectivity index (χ2n) is 2.98. The lowest BCUT2D eigenvalue weighted by molar-refractivity contribution is -0.103. The van der Waals surface area contributed by atoms with Crippen LogP contribution >= 0.6 is 22.7 Å². The van der Waals surface area contributed by atoms with Crippen LogP contribution < -0.4 is 0 Å². The molecule has 0 spiro atoms. The first-order chi connectivity index (χ1) is 7.35. The van der Waals surface area contributed by atoms with Gasteiger partial charge in [0.2, 0.25) is 0 Å². The van der Waals surface area contributed by atoms with Gasteiger partial charge in [0, 0.05) is 24.0 Å². The van der Waals surface area contributed by atoms with Crippen LogP contribution in [0.5, 0.6) is 0 Å². The van der Waals surface area contributed by atoms with E-state index in [4.69, 9.17) is 9.47 Å². The lowest BCUT2D eigenvalue weighted by Crippen LogP contribution is -2.00. The first-order valence-corrected chi connectivity index (χ1v) is 6.24. The van der Waals surface area contributed by atoms with E-state index in [2.05, 4.69) is 29.6 Å². The van der Waals surface area contributed by atoms with Crippen LogP contribution in [-0.2, 0) is 9.47 Å². The molecule has 0 aliphatic carbocycles. The molecular formula is C11H12O2S2. The van der Waals surface area contributed by atoms with Crippen molar-refractivity contribution in [2.45, 2.75) is 6.29 Å². The summed E-state index contributed by atoms with van der Waals surface area (Å²) in [6, 6.07) is 8.34. The van der Waals surface area contributed by atoms with E-state index in [0.29, 0.717) is 0 Å². The summed E-state index contributed by atoms with van der Waals surface area (Å²) in [5.41, 5.74) is 0. The molecular weight excluding hydrogens is 228 g/mol. The third kappa shape index (κ3) is 2.29. The van der Waals surface area contributed by atoms with Crippen molar-refractivity contribution >= 4 is 22.7 Å². The predicted octanol–water partition coefficient (Wildman–Crippen LogP) is 3.77. The van der Waals surface area contributed by atoms with E-state index in [1.807, 2.05) is 0 Å². The third-order valence-corrected chi connectivity index (χ3v) is 4.22. The van der Waals surface area contributed by atoms with Gasteiger partial charge in [0.15, 0.2) is 6.29 Å². The number of methoxy groups -OCH3 is 2. The number of hydrogen-bond acceptors (Lipinski definition) is 4. The van der Waals surface area contributed by atoms with Crippen molar-refractivity contribution in [1.82, 2.24) is 0 Å². The molecule has 0 aliphatic rings. The molecule has 0 amide bonds. The molecule has 2 heterocycles. The van der Waals surface area contributed by atoms with Gasteiger partial charge in [-0.3, -0.25) is 0 Å². The minimum absolute atomic E-state index is 0.247. The first-order valence-electron chi connectivity index (χ1n) is 4.54. The summed E-state index contributed by atoms with van der Waals surface area (Å²) in [7, 11) is 3.30. The van der Waals surface area contributed by atoms with Gasteiger partial charge in [0.05, 0.1) is 4.88 Å². The topological polar surface area (TPSA) is 18.5 Å². The van der Waals surface area contributed by atoms with Crippen molar-refractivity contribution in [3.8, 4) is 9.75 Å². The summed E-state index contributed by atoms with van der Waals surface area (Å²) in [5, 5.41) is 2.08. The first kappa shape index (κ1) is 10.8. The van der Waals surface area contributed by atoms with Crippen molar-refractivity contribution in [1.29, 1.82) is 0 Å². The van der Waals surface area contributed by atoms with E-state index in [0.717, 1.165) is 4.88 Å². The fourth-order valence-corrected chi connectivity index (χ4v) is 3.26. The molecule has 0 N–H and O–H groups in total. The molecule has 2 aromatic heterocycles. The van der Waals surface area contributed by atoms with E-state index >= 15 is 0 Å². The monoisotopic (exact) mass is 240 g/mol. The Hall–Kier alpha value is -0.680. The zero-order valence-electron chi connectivity index (χ0n) is 8.60. The lowest BCUT2D eigenvalue weighted by Gasteiger charge is -2.10. The van der Waals surface area contributed by atoms with Crippen LogP contribution in [0.1, 0.15) is 11.2 Å². The molecule has 2 nitrogen and oxygen atoms in total. The standard InChI is InChI=1S/C11H12O2S2/c1-12-11(13-2)10-6-5-9(15-10)8-4-3-7-14-8/h3-7,11H,1-2H3. The van der Waals surface area contributed by atoms with Crippen LogP contribution in [0.3, 0.4) is 0 Å². The van der Waals surface area contributed by atoms with Crippen molar-refractivity contribution in [2.75, 3.05) is 14.2 Å². The average Bonchev–Trinajstić information content (AvgIpc) is 2.89. The van der Waals surface area contributed by atoms with Gasteiger partial charge in [-0.05, 0) is 23.6 Å². The van der Waals surface area contributed by atoms with Crippen molar-refractivity contribution in [3.63, 3.8) is 0 Å². The van der Waals surface area contributed by atoms with E-state index in [-0.39, 0.29) is 6.29 Å². The zero-order valence-corrected chi connectivity index (χ0v) is 10.2. The third-order valence-electron chi connectivity index (χ3n) is 2.05. The number of rotatable bonds is 4. The highest BCUT2D eigenvalue weighted by atomic mass is 32.1. The smallest absolute Gasteiger partial charge is 0.192 e. The number of thiophene rings is 2. The normalized spacial score (nSPS) is 11.1. The van der Waals surface area contributed by atoms with Crippen LogP contribution in [0, 0.1) is 0 Å². The SMILES string of the molecule is COC(OC)c1ccc(-c2cccs2)s1. The van der Waals surface area contributed by atoms with Crippen LogP contribution in [0.15, 0.2) is 29.6 Å². The number of hydrogen-bond donors (Lipinski definition) is 0. The van der Waals surface area contributed by atoms with Crippen molar-refractivity contribution in [3.05, 3.63) is 34.5 Å². The van der Waals surface area contributed by atoms with Crippen LogP contribution in [0.4, 0.5) is 0 Å². The minimum Gasteiger partial charge on any atom is -0.351 e. The second-order valence-corrected chi connectivity index (χ2v) is 5.05. The highest BCUT2D eigenvalue weighted by Crippen LogP contribution is 2.34. The van der Waals surface area contributed by atoms with Gasteiger partial charge in [-0.25, -0.2) is 0 Å². The lowest BCUT2D eigenvalue weighted by atomic mass is 10.3. The van der Waals surface area contributed by atoms with Gasteiger partial charge < -0.3 is 9.47 Å². The zero-order chi connectivity index (χ0) is 10.7. The van der Waals surface area contributed by atoms with Crippen molar-refractivity contribution in [2.24, 2.45) is 0 Å². The summed E-state index contributed by atoms with van der Waals surface area (Å²) in [5.74, 6) is 0. The fraction of sp³-hybridized carbons (Fsp3) is 0.273. The minimum atomic E-state index is -0.247. The second kappa shape index (κ2) is 4.90. The Labute approximate surface area is 97.1 Å². The molecule has 4 heteroatoms. The highest BCUT2D eigenvalue weighted by molar-refractivity contribution is 7.21. The van der Waals surface area contributed by atoms with Gasteiger partial charge >= 0.3 is 0 Å². The Bertz CT molecular complexity index is 402. The highest BCUT2D eigenvalue weighted by Gasteiger charge is 2.12. The number of ether oxygens (including phenoxy) is 2.